The number of carbonyl (C=O) groups excluding carboxylic acids is 2. The number of aliphatic hydroxyl groups is 1. The molecule has 0 fully saturated rings. The maximum atomic E-state index is 12.1. The maximum absolute atomic E-state index is 12.1. The minimum atomic E-state index is -0.648. The summed E-state index contributed by atoms with van der Waals surface area (Å²) in [7, 11) is 0. The van der Waals surface area contributed by atoms with Gasteiger partial charge in [-0.1, -0.05) is 43.7 Å². The molecule has 0 saturated heterocycles. The van der Waals surface area contributed by atoms with Crippen molar-refractivity contribution in [3.05, 3.63) is 59.2 Å². The highest BCUT2D eigenvalue weighted by Crippen LogP contribution is 2.30. The van der Waals surface area contributed by atoms with Gasteiger partial charge in [0.1, 0.15) is 6.29 Å². The lowest BCUT2D eigenvalue weighted by atomic mass is 10.1. The van der Waals surface area contributed by atoms with E-state index in [-0.39, 0.29) is 12.5 Å². The van der Waals surface area contributed by atoms with Crippen molar-refractivity contribution in [1.82, 2.24) is 10.6 Å². The highest BCUT2D eigenvalue weighted by Gasteiger charge is 2.22. The fourth-order valence-electron chi connectivity index (χ4n) is 3.42. The predicted molar refractivity (Wildman–Crippen MR) is 108 cm³/mol. The molecule has 3 N–H and O–H groups in total. The Bertz CT molecular complexity index is 679. The molecule has 1 amide bonds. The summed E-state index contributed by atoms with van der Waals surface area (Å²) in [5.41, 5.74) is 4.18. The summed E-state index contributed by atoms with van der Waals surface area (Å²) in [5.74, 6) is -0.228. The first-order valence-corrected chi connectivity index (χ1v) is 9.62. The average Bonchev–Trinajstić information content (AvgIpc) is 3.07. The quantitative estimate of drug-likeness (QED) is 0.523. The molecule has 0 aromatic heterocycles. The molecule has 2 unspecified atom stereocenters. The average molecular weight is 370 g/mol. The molecule has 27 heavy (non-hydrogen) atoms. The Labute approximate surface area is 161 Å². The van der Waals surface area contributed by atoms with Crippen LogP contribution in [0.5, 0.6) is 0 Å². The van der Waals surface area contributed by atoms with Crippen molar-refractivity contribution in [3.8, 4) is 0 Å². The molecule has 0 saturated carbocycles. The van der Waals surface area contributed by atoms with E-state index in [1.807, 2.05) is 6.08 Å². The molecule has 0 bridgehead atoms. The van der Waals surface area contributed by atoms with Crippen LogP contribution in [-0.2, 0) is 11.2 Å². The van der Waals surface area contributed by atoms with Crippen molar-refractivity contribution in [2.45, 2.75) is 51.2 Å². The summed E-state index contributed by atoms with van der Waals surface area (Å²) >= 11 is 0. The molecular weight excluding hydrogens is 340 g/mol. The number of aliphatic hydroxyl groups excluding tert-OH is 1. The number of hydrogen-bond donors (Lipinski definition) is 3. The van der Waals surface area contributed by atoms with Gasteiger partial charge in [0.15, 0.2) is 0 Å². The normalized spacial score (nSPS) is 17.6. The third kappa shape index (κ3) is 6.45. The zero-order valence-electron chi connectivity index (χ0n) is 16.0. The lowest BCUT2D eigenvalue weighted by Gasteiger charge is -2.17. The zero-order valence-corrected chi connectivity index (χ0v) is 16.0. The van der Waals surface area contributed by atoms with Crippen LogP contribution in [0.15, 0.2) is 48.1 Å². The molecule has 2 atom stereocenters. The van der Waals surface area contributed by atoms with Crippen molar-refractivity contribution in [1.29, 1.82) is 0 Å². The molecule has 0 radical (unpaired) electrons. The topological polar surface area (TPSA) is 78.4 Å². The Morgan fingerprint density at radius 2 is 2.04 bits per heavy atom. The third-order valence-corrected chi connectivity index (χ3v) is 4.89. The zero-order chi connectivity index (χ0) is 19.6. The number of nitrogens with one attached hydrogen (secondary N) is 2. The number of benzene rings is 1. The molecule has 5 nitrogen and oxygen atoms in total. The molecule has 1 aromatic carbocycles. The Kier molecular flexibility index (Phi) is 8.43. The van der Waals surface area contributed by atoms with Crippen LogP contribution >= 0.6 is 0 Å². The van der Waals surface area contributed by atoms with Crippen molar-refractivity contribution in [3.63, 3.8) is 0 Å². The van der Waals surface area contributed by atoms with E-state index in [1.165, 1.54) is 11.1 Å². The standard InChI is InChI=1S/C22H30N2O3/c1-3-5-19-13-20(12-17(19)4-2)23-14-21(26)15-24-22(27)18-8-6-16(7-9-18)10-11-25/h4,6-9,11,20-21,23,26H,2-3,5,10,12-15H2,1H3,(H,24,27). The number of hydrogen-bond acceptors (Lipinski definition) is 4. The molecule has 1 aliphatic carbocycles. The Balaban J connectivity index is 1.72. The van der Waals surface area contributed by atoms with E-state index >= 15 is 0 Å². The SMILES string of the molecule is C=CC1=C(CCC)CC(NCC(O)CNC(=O)c2ccc(CC=O)cc2)C1. The lowest BCUT2D eigenvalue weighted by Crippen LogP contribution is -2.41. The molecule has 0 heterocycles. The van der Waals surface area contributed by atoms with E-state index in [1.54, 1.807) is 24.3 Å². The van der Waals surface area contributed by atoms with E-state index in [0.717, 1.165) is 37.5 Å². The fourth-order valence-corrected chi connectivity index (χ4v) is 3.42. The monoisotopic (exact) mass is 370 g/mol. The summed E-state index contributed by atoms with van der Waals surface area (Å²) in [6.07, 6.45) is 6.66. The molecular formula is C22H30N2O3. The van der Waals surface area contributed by atoms with Gasteiger partial charge in [-0.2, -0.15) is 0 Å². The molecule has 1 aromatic rings. The summed E-state index contributed by atoms with van der Waals surface area (Å²) < 4.78 is 0. The van der Waals surface area contributed by atoms with Crippen LogP contribution in [0, 0.1) is 0 Å². The van der Waals surface area contributed by atoms with E-state index < -0.39 is 6.10 Å². The summed E-state index contributed by atoms with van der Waals surface area (Å²) in [5, 5.41) is 16.3. The Morgan fingerprint density at radius 3 is 2.67 bits per heavy atom. The second kappa shape index (κ2) is 10.8. The van der Waals surface area contributed by atoms with Crippen LogP contribution in [0.1, 0.15) is 48.5 Å². The lowest BCUT2D eigenvalue weighted by molar-refractivity contribution is -0.107. The van der Waals surface area contributed by atoms with Crippen molar-refractivity contribution in [2.75, 3.05) is 13.1 Å². The second-order valence-corrected chi connectivity index (χ2v) is 7.03. The second-order valence-electron chi connectivity index (χ2n) is 7.03. The van der Waals surface area contributed by atoms with Gasteiger partial charge in [-0.25, -0.2) is 0 Å². The van der Waals surface area contributed by atoms with Gasteiger partial charge >= 0.3 is 0 Å². The number of amides is 1. The van der Waals surface area contributed by atoms with E-state index in [4.69, 9.17) is 0 Å². The van der Waals surface area contributed by atoms with Crippen LogP contribution in [0.25, 0.3) is 0 Å². The maximum Gasteiger partial charge on any atom is 0.251 e. The van der Waals surface area contributed by atoms with Crippen LogP contribution < -0.4 is 10.6 Å². The van der Waals surface area contributed by atoms with E-state index in [2.05, 4.69) is 24.1 Å². The van der Waals surface area contributed by atoms with Crippen molar-refractivity contribution in [2.24, 2.45) is 0 Å². The number of carbonyl (C=O) groups is 2. The molecule has 146 valence electrons. The predicted octanol–water partition coefficient (Wildman–Crippen LogP) is 2.55. The molecule has 2 rings (SSSR count). The van der Waals surface area contributed by atoms with Crippen LogP contribution in [0.2, 0.25) is 0 Å². The summed E-state index contributed by atoms with van der Waals surface area (Å²) in [6.45, 7) is 6.71. The van der Waals surface area contributed by atoms with Gasteiger partial charge < -0.3 is 20.5 Å². The smallest absolute Gasteiger partial charge is 0.251 e. The first-order chi connectivity index (χ1) is 13.1. The number of rotatable bonds is 11. The van der Waals surface area contributed by atoms with Crippen molar-refractivity contribution < 1.29 is 14.7 Å². The Hall–Kier alpha value is -2.24. The van der Waals surface area contributed by atoms with Gasteiger partial charge in [-0.05, 0) is 42.5 Å². The van der Waals surface area contributed by atoms with E-state index in [0.29, 0.717) is 24.6 Å². The van der Waals surface area contributed by atoms with Crippen LogP contribution in [0.3, 0.4) is 0 Å². The highest BCUT2D eigenvalue weighted by molar-refractivity contribution is 5.94. The summed E-state index contributed by atoms with van der Waals surface area (Å²) in [4.78, 5) is 22.6. The van der Waals surface area contributed by atoms with Crippen LogP contribution in [0.4, 0.5) is 0 Å². The molecule has 0 spiro atoms. The number of allylic oxidation sites excluding steroid dienone is 1. The molecule has 1 aliphatic rings. The van der Waals surface area contributed by atoms with Gasteiger partial charge in [0.25, 0.3) is 5.91 Å². The van der Waals surface area contributed by atoms with Gasteiger partial charge in [-0.3, -0.25) is 4.79 Å². The van der Waals surface area contributed by atoms with E-state index in [9.17, 15) is 14.7 Å². The van der Waals surface area contributed by atoms with Gasteiger partial charge in [0, 0.05) is 31.1 Å². The van der Waals surface area contributed by atoms with Gasteiger partial charge in [0.05, 0.1) is 6.10 Å². The Morgan fingerprint density at radius 1 is 1.30 bits per heavy atom. The van der Waals surface area contributed by atoms with Gasteiger partial charge in [-0.15, -0.1) is 0 Å². The summed E-state index contributed by atoms with van der Waals surface area (Å²) in [6, 6.07) is 7.23. The fraction of sp³-hybridized carbons (Fsp3) is 0.455. The molecule has 5 heteroatoms. The van der Waals surface area contributed by atoms with Crippen molar-refractivity contribution >= 4 is 12.2 Å². The highest BCUT2D eigenvalue weighted by atomic mass is 16.3. The molecule has 0 aliphatic heterocycles. The first kappa shape index (κ1) is 21.1. The van der Waals surface area contributed by atoms with Crippen LogP contribution in [-0.4, -0.2) is 42.5 Å². The largest absolute Gasteiger partial charge is 0.390 e. The third-order valence-electron chi connectivity index (χ3n) is 4.89. The minimum absolute atomic E-state index is 0.193. The minimum Gasteiger partial charge on any atom is -0.390 e. The first-order valence-electron chi connectivity index (χ1n) is 9.62. The number of aldehydes is 1. The van der Waals surface area contributed by atoms with Gasteiger partial charge in [0.2, 0.25) is 0 Å².